The Labute approximate surface area is 76.1 Å². The van der Waals surface area contributed by atoms with Crippen LogP contribution in [0.15, 0.2) is 0 Å². The lowest BCUT2D eigenvalue weighted by molar-refractivity contribution is 0.171. The number of nitrogens with one attached hydrogen (secondary N) is 1. The smallest absolute Gasteiger partial charge is 0.0773 e. The topological polar surface area (TPSA) is 47.0 Å². The van der Waals surface area contributed by atoms with E-state index >= 15 is 0 Å². The van der Waals surface area contributed by atoms with Crippen molar-refractivity contribution in [3.8, 4) is 0 Å². The number of likely N-dealkylation sites (N-methyl/N-ethyl adjacent to an activating group) is 1. The lowest BCUT2D eigenvalue weighted by Crippen LogP contribution is -2.20. The molecule has 0 aliphatic heterocycles. The van der Waals surface area contributed by atoms with Crippen LogP contribution in [0.3, 0.4) is 0 Å². The fraction of sp³-hybridized carbons (Fsp3) is 0.714. The van der Waals surface area contributed by atoms with Crippen molar-refractivity contribution < 1.29 is 4.74 Å². The Morgan fingerprint density at radius 1 is 1.67 bits per heavy atom. The number of hydrogen-bond acceptors (Lipinski definition) is 5. The normalized spacial score (nSPS) is 13.2. The number of methoxy groups -OCH3 is 1. The second-order valence-corrected chi connectivity index (χ2v) is 3.30. The van der Waals surface area contributed by atoms with Gasteiger partial charge in [-0.1, -0.05) is 4.49 Å². The molecular formula is C7H13N3OS. The second kappa shape index (κ2) is 4.49. The Bertz CT molecular complexity index is 238. The van der Waals surface area contributed by atoms with Gasteiger partial charge >= 0.3 is 0 Å². The summed E-state index contributed by atoms with van der Waals surface area (Å²) in [6.45, 7) is 2.61. The zero-order valence-electron chi connectivity index (χ0n) is 7.50. The van der Waals surface area contributed by atoms with E-state index in [0.29, 0.717) is 6.61 Å². The van der Waals surface area contributed by atoms with Crippen molar-refractivity contribution in [1.82, 2.24) is 14.9 Å². The van der Waals surface area contributed by atoms with Gasteiger partial charge in [0.05, 0.1) is 23.2 Å². The fourth-order valence-electron chi connectivity index (χ4n) is 1.01. The van der Waals surface area contributed by atoms with Gasteiger partial charge in [0.2, 0.25) is 0 Å². The molecule has 1 heterocycles. The SMILES string of the molecule is CNC(COC)c1snnc1C. The van der Waals surface area contributed by atoms with Crippen LogP contribution >= 0.6 is 11.5 Å². The summed E-state index contributed by atoms with van der Waals surface area (Å²) in [5.74, 6) is 0. The van der Waals surface area contributed by atoms with E-state index in [-0.39, 0.29) is 6.04 Å². The molecular weight excluding hydrogens is 174 g/mol. The van der Waals surface area contributed by atoms with E-state index in [9.17, 15) is 0 Å². The number of hydrogen-bond donors (Lipinski definition) is 1. The highest BCUT2D eigenvalue weighted by Gasteiger charge is 2.14. The molecule has 5 heteroatoms. The molecule has 0 aliphatic carbocycles. The molecule has 0 saturated heterocycles. The molecule has 0 amide bonds. The third kappa shape index (κ3) is 2.00. The summed E-state index contributed by atoms with van der Waals surface area (Å²) >= 11 is 1.42. The van der Waals surface area contributed by atoms with Gasteiger partial charge in [0.15, 0.2) is 0 Å². The molecule has 0 fully saturated rings. The number of aryl methyl sites for hydroxylation is 1. The van der Waals surface area contributed by atoms with Crippen LogP contribution in [0.2, 0.25) is 0 Å². The second-order valence-electron chi connectivity index (χ2n) is 2.52. The molecule has 0 spiro atoms. The standard InChI is InChI=1S/C7H13N3OS/c1-5-7(12-10-9-5)6(8-2)4-11-3/h6,8H,4H2,1-3H3. The fourth-order valence-corrected chi connectivity index (χ4v) is 1.75. The van der Waals surface area contributed by atoms with Crippen LogP contribution in [-0.2, 0) is 4.74 Å². The first-order valence-electron chi connectivity index (χ1n) is 3.74. The van der Waals surface area contributed by atoms with Crippen molar-refractivity contribution in [2.24, 2.45) is 0 Å². The van der Waals surface area contributed by atoms with Crippen molar-refractivity contribution in [3.63, 3.8) is 0 Å². The Hall–Kier alpha value is -0.520. The highest BCUT2D eigenvalue weighted by molar-refractivity contribution is 7.05. The summed E-state index contributed by atoms with van der Waals surface area (Å²) in [4.78, 5) is 1.15. The van der Waals surface area contributed by atoms with Gasteiger partial charge in [-0.25, -0.2) is 0 Å². The Morgan fingerprint density at radius 3 is 2.83 bits per heavy atom. The van der Waals surface area contributed by atoms with E-state index in [1.165, 1.54) is 11.5 Å². The zero-order valence-corrected chi connectivity index (χ0v) is 8.31. The number of rotatable bonds is 4. The summed E-state index contributed by atoms with van der Waals surface area (Å²) < 4.78 is 8.93. The average Bonchev–Trinajstić information content (AvgIpc) is 2.47. The van der Waals surface area contributed by atoms with Gasteiger partial charge < -0.3 is 10.1 Å². The Morgan fingerprint density at radius 2 is 2.42 bits per heavy atom. The highest BCUT2D eigenvalue weighted by atomic mass is 32.1. The summed E-state index contributed by atoms with van der Waals surface area (Å²) in [7, 11) is 3.59. The van der Waals surface area contributed by atoms with Gasteiger partial charge in [0.25, 0.3) is 0 Å². The van der Waals surface area contributed by atoms with Gasteiger partial charge in [-0.05, 0) is 25.5 Å². The number of ether oxygens (including phenoxy) is 1. The molecule has 1 aromatic rings. The maximum absolute atomic E-state index is 5.06. The van der Waals surface area contributed by atoms with Gasteiger partial charge in [0, 0.05) is 7.11 Å². The predicted molar refractivity (Wildman–Crippen MR) is 48.3 cm³/mol. The van der Waals surface area contributed by atoms with E-state index in [0.717, 1.165) is 10.6 Å². The number of nitrogens with zero attached hydrogens (tertiary/aromatic N) is 2. The molecule has 1 N–H and O–H groups in total. The minimum Gasteiger partial charge on any atom is -0.383 e. The molecule has 1 aromatic heterocycles. The highest BCUT2D eigenvalue weighted by Crippen LogP contribution is 2.19. The molecule has 12 heavy (non-hydrogen) atoms. The molecule has 1 unspecified atom stereocenters. The van der Waals surface area contributed by atoms with Gasteiger partial charge in [-0.3, -0.25) is 0 Å². The van der Waals surface area contributed by atoms with Crippen LogP contribution in [0, 0.1) is 6.92 Å². The summed E-state index contributed by atoms with van der Waals surface area (Å²) in [6, 6.07) is 0.218. The van der Waals surface area contributed by atoms with E-state index < -0.39 is 0 Å². The van der Waals surface area contributed by atoms with E-state index in [4.69, 9.17) is 4.74 Å². The maximum Gasteiger partial charge on any atom is 0.0773 e. The predicted octanol–water partition coefficient (Wildman–Crippen LogP) is 0.753. The first kappa shape index (κ1) is 9.57. The molecule has 0 bridgehead atoms. The summed E-state index contributed by atoms with van der Waals surface area (Å²) in [5.41, 5.74) is 0.983. The molecule has 4 nitrogen and oxygen atoms in total. The molecule has 0 radical (unpaired) electrons. The molecule has 0 saturated carbocycles. The van der Waals surface area contributed by atoms with Crippen LogP contribution in [-0.4, -0.2) is 30.4 Å². The Kier molecular flexibility index (Phi) is 3.58. The van der Waals surface area contributed by atoms with Crippen LogP contribution in [0.1, 0.15) is 16.6 Å². The quantitative estimate of drug-likeness (QED) is 0.755. The first-order chi connectivity index (χ1) is 5.79. The monoisotopic (exact) mass is 187 g/mol. The van der Waals surface area contributed by atoms with Crippen LogP contribution in [0.5, 0.6) is 0 Å². The lowest BCUT2D eigenvalue weighted by atomic mass is 10.2. The molecule has 0 aromatic carbocycles. The van der Waals surface area contributed by atoms with E-state index in [1.54, 1.807) is 7.11 Å². The zero-order chi connectivity index (χ0) is 8.97. The van der Waals surface area contributed by atoms with Crippen LogP contribution in [0.25, 0.3) is 0 Å². The maximum atomic E-state index is 5.06. The van der Waals surface area contributed by atoms with E-state index in [1.807, 2.05) is 14.0 Å². The number of aromatic nitrogens is 2. The largest absolute Gasteiger partial charge is 0.383 e. The van der Waals surface area contributed by atoms with Gasteiger partial charge in [-0.15, -0.1) is 5.10 Å². The van der Waals surface area contributed by atoms with Crippen molar-refractivity contribution >= 4 is 11.5 Å². The summed E-state index contributed by atoms with van der Waals surface area (Å²) in [5, 5.41) is 7.09. The molecule has 1 atom stereocenters. The average molecular weight is 187 g/mol. The van der Waals surface area contributed by atoms with Gasteiger partial charge in [0.1, 0.15) is 0 Å². The minimum absolute atomic E-state index is 0.218. The molecule has 1 rings (SSSR count). The minimum atomic E-state index is 0.218. The third-order valence-electron chi connectivity index (χ3n) is 1.68. The third-order valence-corrected chi connectivity index (χ3v) is 2.62. The van der Waals surface area contributed by atoms with Crippen LogP contribution < -0.4 is 5.32 Å². The van der Waals surface area contributed by atoms with Crippen molar-refractivity contribution in [3.05, 3.63) is 10.6 Å². The van der Waals surface area contributed by atoms with Crippen molar-refractivity contribution in [2.75, 3.05) is 20.8 Å². The van der Waals surface area contributed by atoms with Crippen molar-refractivity contribution in [2.45, 2.75) is 13.0 Å². The first-order valence-corrected chi connectivity index (χ1v) is 4.52. The van der Waals surface area contributed by atoms with Crippen LogP contribution in [0.4, 0.5) is 0 Å². The van der Waals surface area contributed by atoms with Gasteiger partial charge in [-0.2, -0.15) is 0 Å². The lowest BCUT2D eigenvalue weighted by Gasteiger charge is -2.12. The van der Waals surface area contributed by atoms with Crippen molar-refractivity contribution in [1.29, 1.82) is 0 Å². The van der Waals surface area contributed by atoms with E-state index in [2.05, 4.69) is 14.9 Å². The summed E-state index contributed by atoms with van der Waals surface area (Å²) in [6.07, 6.45) is 0. The Balaban J connectivity index is 2.72. The molecule has 68 valence electrons. The molecule has 0 aliphatic rings.